The standard InChI is InChI=1S/C33H40BClN4O5S/c1-20-16-25(42-37-20)29-27(21-10-12-22(13-11-21)34-43-32(2,3)33(4,5)44-34)28-23-17-26(35)39(19-41-14-15-45(7,8)9)30(23)36-18-24(28)38(6)31(29)40/h10-13,16-18H,14-15,19H2,1-9H3. The maximum atomic E-state index is 14.0. The van der Waals surface area contributed by atoms with E-state index in [0.29, 0.717) is 45.5 Å². The number of hydrogen-bond donors (Lipinski definition) is 0. The van der Waals surface area contributed by atoms with Gasteiger partial charge in [-0.2, -0.15) is 0 Å². The van der Waals surface area contributed by atoms with Gasteiger partial charge in [-0.05, 0) is 70.5 Å². The predicted octanol–water partition coefficient (Wildman–Crippen LogP) is 6.14. The first-order valence-corrected chi connectivity index (χ1v) is 18.3. The molecule has 1 aromatic carbocycles. The van der Waals surface area contributed by atoms with Gasteiger partial charge in [-0.15, -0.1) is 0 Å². The van der Waals surface area contributed by atoms with E-state index >= 15 is 0 Å². The summed E-state index contributed by atoms with van der Waals surface area (Å²) in [5.74, 6) is 1.39. The molecule has 1 aliphatic heterocycles. The molecule has 45 heavy (non-hydrogen) atoms. The molecule has 238 valence electrons. The van der Waals surface area contributed by atoms with Crippen LogP contribution in [0.5, 0.6) is 0 Å². The summed E-state index contributed by atoms with van der Waals surface area (Å²) in [6, 6.07) is 11.6. The molecule has 0 unspecified atom stereocenters. The molecule has 0 aliphatic carbocycles. The van der Waals surface area contributed by atoms with E-state index in [9.17, 15) is 4.79 Å². The van der Waals surface area contributed by atoms with Gasteiger partial charge in [0.2, 0.25) is 0 Å². The SMILES string of the molecule is Cc1cc(-c2c(-c3ccc(B4OC(C)(C)C(C)(C)O4)cc3)c3c4cc(Cl)n(COCCS(C)(C)C)c4ncc3n(C)c2=O)on1. The molecule has 0 saturated carbocycles. The quantitative estimate of drug-likeness (QED) is 0.147. The summed E-state index contributed by atoms with van der Waals surface area (Å²) in [6.07, 6.45) is 8.53. The molecule has 12 heteroatoms. The van der Waals surface area contributed by atoms with Gasteiger partial charge in [-0.1, -0.05) is 41.0 Å². The summed E-state index contributed by atoms with van der Waals surface area (Å²) in [4.78, 5) is 18.8. The van der Waals surface area contributed by atoms with Crippen LogP contribution in [0.15, 0.2) is 51.9 Å². The lowest BCUT2D eigenvalue weighted by Gasteiger charge is -2.32. The van der Waals surface area contributed by atoms with Crippen molar-refractivity contribution < 1.29 is 18.6 Å². The fourth-order valence-electron chi connectivity index (χ4n) is 5.55. The predicted molar refractivity (Wildman–Crippen MR) is 185 cm³/mol. The Morgan fingerprint density at radius 2 is 1.69 bits per heavy atom. The Bertz CT molecular complexity index is 1960. The van der Waals surface area contributed by atoms with E-state index in [-0.39, 0.29) is 12.3 Å². The van der Waals surface area contributed by atoms with E-state index in [2.05, 4.69) is 23.9 Å². The van der Waals surface area contributed by atoms with Crippen molar-refractivity contribution in [1.82, 2.24) is 19.3 Å². The minimum Gasteiger partial charge on any atom is -0.399 e. The minimum absolute atomic E-state index is 0.219. The summed E-state index contributed by atoms with van der Waals surface area (Å²) in [5, 5.41) is 6.24. The average Bonchev–Trinajstić information content (AvgIpc) is 3.59. The van der Waals surface area contributed by atoms with Crippen LogP contribution in [0.25, 0.3) is 44.4 Å². The molecule has 1 saturated heterocycles. The Labute approximate surface area is 270 Å². The van der Waals surface area contributed by atoms with Crippen molar-refractivity contribution >= 4 is 56.1 Å². The van der Waals surface area contributed by atoms with Crippen molar-refractivity contribution in [1.29, 1.82) is 0 Å². The van der Waals surface area contributed by atoms with Gasteiger partial charge in [-0.25, -0.2) is 15.0 Å². The highest BCUT2D eigenvalue weighted by atomic mass is 35.5. The molecule has 0 bridgehead atoms. The molecule has 0 spiro atoms. The van der Waals surface area contributed by atoms with E-state index in [1.165, 1.54) is 0 Å². The van der Waals surface area contributed by atoms with Crippen LogP contribution in [0.2, 0.25) is 5.15 Å². The third-order valence-electron chi connectivity index (χ3n) is 8.89. The molecule has 5 aromatic rings. The van der Waals surface area contributed by atoms with Gasteiger partial charge >= 0.3 is 7.12 Å². The molecule has 0 atom stereocenters. The van der Waals surface area contributed by atoms with Crippen molar-refractivity contribution in [2.45, 2.75) is 52.6 Å². The number of hydrogen-bond acceptors (Lipinski definition) is 7. The van der Waals surface area contributed by atoms with Gasteiger partial charge in [0.15, 0.2) is 5.76 Å². The maximum Gasteiger partial charge on any atom is 0.494 e. The summed E-state index contributed by atoms with van der Waals surface area (Å²) in [6.45, 7) is 10.9. The number of nitrogens with zero attached hydrogens (tertiary/aromatic N) is 4. The highest BCUT2D eigenvalue weighted by Crippen LogP contribution is 2.41. The van der Waals surface area contributed by atoms with Gasteiger partial charge in [0.1, 0.15) is 17.5 Å². The number of pyridine rings is 2. The Balaban J connectivity index is 1.54. The molecule has 5 heterocycles. The molecule has 0 radical (unpaired) electrons. The Morgan fingerprint density at radius 1 is 1.02 bits per heavy atom. The molecule has 6 rings (SSSR count). The fourth-order valence-corrected chi connectivity index (χ4v) is 6.41. The molecule has 1 fully saturated rings. The first kappa shape index (κ1) is 31.9. The molecule has 0 N–H and O–H groups in total. The van der Waals surface area contributed by atoms with Crippen LogP contribution in [-0.4, -0.2) is 68.7 Å². The smallest absolute Gasteiger partial charge is 0.399 e. The van der Waals surface area contributed by atoms with Crippen LogP contribution in [0.1, 0.15) is 33.4 Å². The highest BCUT2D eigenvalue weighted by Gasteiger charge is 2.51. The molecule has 1 aliphatic rings. The van der Waals surface area contributed by atoms with Crippen molar-refractivity contribution in [3.8, 4) is 22.5 Å². The number of rotatable bonds is 8. The van der Waals surface area contributed by atoms with E-state index in [4.69, 9.17) is 35.2 Å². The largest absolute Gasteiger partial charge is 0.494 e. The van der Waals surface area contributed by atoms with Crippen LogP contribution in [-0.2, 0) is 27.8 Å². The summed E-state index contributed by atoms with van der Waals surface area (Å²) in [7, 11) is 0.547. The molecule has 0 amide bonds. The number of ether oxygens (including phenoxy) is 1. The normalized spacial score (nSPS) is 16.7. The lowest BCUT2D eigenvalue weighted by molar-refractivity contribution is 0.00578. The molecular formula is C33H40BClN4O5S. The third kappa shape index (κ3) is 5.74. The van der Waals surface area contributed by atoms with Gasteiger partial charge < -0.3 is 23.1 Å². The Kier molecular flexibility index (Phi) is 8.01. The third-order valence-corrected chi connectivity index (χ3v) is 10.6. The first-order valence-electron chi connectivity index (χ1n) is 14.9. The molecular weight excluding hydrogens is 611 g/mol. The van der Waals surface area contributed by atoms with E-state index < -0.39 is 28.3 Å². The minimum atomic E-state index is -0.686. The summed E-state index contributed by atoms with van der Waals surface area (Å²) in [5.41, 5.74) is 3.71. The first-order chi connectivity index (χ1) is 21.1. The zero-order chi connectivity index (χ0) is 32.5. The average molecular weight is 651 g/mol. The fraction of sp³-hybridized carbons (Fsp3) is 0.424. The molecule has 9 nitrogen and oxygen atoms in total. The second-order valence-electron chi connectivity index (χ2n) is 13.6. The lowest BCUT2D eigenvalue weighted by Crippen LogP contribution is -2.41. The summed E-state index contributed by atoms with van der Waals surface area (Å²) < 4.78 is 27.8. The van der Waals surface area contributed by atoms with Crippen molar-refractivity contribution in [3.05, 3.63) is 63.8 Å². The van der Waals surface area contributed by atoms with Crippen LogP contribution in [0, 0.1) is 6.92 Å². The van der Waals surface area contributed by atoms with Gasteiger partial charge in [-0.3, -0.25) is 9.36 Å². The second kappa shape index (κ2) is 11.3. The van der Waals surface area contributed by atoms with Gasteiger partial charge in [0, 0.05) is 35.2 Å². The van der Waals surface area contributed by atoms with Crippen LogP contribution < -0.4 is 11.0 Å². The van der Waals surface area contributed by atoms with Crippen LogP contribution >= 0.6 is 21.6 Å². The van der Waals surface area contributed by atoms with E-state index in [1.54, 1.807) is 23.9 Å². The van der Waals surface area contributed by atoms with E-state index in [1.807, 2.05) is 69.5 Å². The van der Waals surface area contributed by atoms with Crippen LogP contribution in [0.3, 0.4) is 0 Å². The number of halogens is 1. The van der Waals surface area contributed by atoms with Crippen molar-refractivity contribution in [2.24, 2.45) is 7.05 Å². The number of aryl methyl sites for hydroxylation is 2. The Morgan fingerprint density at radius 3 is 2.29 bits per heavy atom. The topological polar surface area (TPSA) is 93.5 Å². The maximum absolute atomic E-state index is 14.0. The van der Waals surface area contributed by atoms with Crippen LogP contribution in [0.4, 0.5) is 0 Å². The van der Waals surface area contributed by atoms with E-state index in [0.717, 1.165) is 27.6 Å². The second-order valence-corrected chi connectivity index (χ2v) is 18.6. The monoisotopic (exact) mass is 650 g/mol. The zero-order valence-corrected chi connectivity index (χ0v) is 28.9. The number of aromatic nitrogens is 4. The molecule has 4 aromatic heterocycles. The number of fused-ring (bicyclic) bond motifs is 3. The van der Waals surface area contributed by atoms with Crippen molar-refractivity contribution in [3.63, 3.8) is 0 Å². The van der Waals surface area contributed by atoms with Gasteiger partial charge in [0.25, 0.3) is 5.56 Å². The Hall–Kier alpha value is -3.09. The lowest BCUT2D eigenvalue weighted by atomic mass is 9.78. The van der Waals surface area contributed by atoms with Gasteiger partial charge in [0.05, 0.1) is 40.8 Å². The zero-order valence-electron chi connectivity index (χ0n) is 27.4. The summed E-state index contributed by atoms with van der Waals surface area (Å²) >= 11 is 6.83. The van der Waals surface area contributed by atoms with Crippen molar-refractivity contribution in [2.75, 3.05) is 31.1 Å². The number of benzene rings is 1. The highest BCUT2D eigenvalue weighted by molar-refractivity contribution is 8.32.